The molecule has 1 N–H and O–H groups in total. The SMILES string of the molecule is CCNCc1cn(CCOc2ccc(C)nc2CC)nn1. The number of hydrogen-bond donors (Lipinski definition) is 1. The molecule has 6 nitrogen and oxygen atoms in total. The summed E-state index contributed by atoms with van der Waals surface area (Å²) in [7, 11) is 0. The molecule has 2 aromatic heterocycles. The lowest BCUT2D eigenvalue weighted by molar-refractivity contribution is 0.285. The van der Waals surface area contributed by atoms with Crippen LogP contribution < -0.4 is 10.1 Å². The first kappa shape index (κ1) is 15.4. The summed E-state index contributed by atoms with van der Waals surface area (Å²) in [4.78, 5) is 4.49. The lowest BCUT2D eigenvalue weighted by atomic mass is 10.2. The topological polar surface area (TPSA) is 64.9 Å². The summed E-state index contributed by atoms with van der Waals surface area (Å²) in [5.41, 5.74) is 2.97. The van der Waals surface area contributed by atoms with Crippen LogP contribution in [0.15, 0.2) is 18.3 Å². The van der Waals surface area contributed by atoms with Gasteiger partial charge in [0, 0.05) is 18.4 Å². The Hall–Kier alpha value is -1.95. The number of ether oxygens (including phenoxy) is 1. The van der Waals surface area contributed by atoms with E-state index in [9.17, 15) is 0 Å². The molecule has 0 aliphatic rings. The van der Waals surface area contributed by atoms with Crippen LogP contribution in [0.5, 0.6) is 5.75 Å². The number of nitrogens with zero attached hydrogens (tertiary/aromatic N) is 4. The molecule has 0 unspecified atom stereocenters. The monoisotopic (exact) mass is 289 g/mol. The molecule has 0 aromatic carbocycles. The Morgan fingerprint density at radius 3 is 2.90 bits per heavy atom. The van der Waals surface area contributed by atoms with E-state index in [-0.39, 0.29) is 0 Å². The lowest BCUT2D eigenvalue weighted by Gasteiger charge is -2.10. The Labute approximate surface area is 125 Å². The third kappa shape index (κ3) is 4.53. The van der Waals surface area contributed by atoms with E-state index in [1.165, 1.54) is 0 Å². The van der Waals surface area contributed by atoms with Crippen LogP contribution in [-0.2, 0) is 19.5 Å². The maximum Gasteiger partial charge on any atom is 0.140 e. The summed E-state index contributed by atoms with van der Waals surface area (Å²) in [6.45, 7) is 9.05. The van der Waals surface area contributed by atoms with E-state index in [0.717, 1.165) is 42.3 Å². The maximum absolute atomic E-state index is 5.81. The Morgan fingerprint density at radius 2 is 2.14 bits per heavy atom. The molecule has 0 bridgehead atoms. The zero-order valence-corrected chi connectivity index (χ0v) is 13.0. The fourth-order valence-electron chi connectivity index (χ4n) is 2.01. The minimum Gasteiger partial charge on any atom is -0.490 e. The van der Waals surface area contributed by atoms with Crippen molar-refractivity contribution < 1.29 is 4.74 Å². The highest BCUT2D eigenvalue weighted by molar-refractivity contribution is 5.29. The lowest BCUT2D eigenvalue weighted by Crippen LogP contribution is -2.12. The van der Waals surface area contributed by atoms with Crippen molar-refractivity contribution >= 4 is 0 Å². The van der Waals surface area contributed by atoms with Crippen molar-refractivity contribution in [2.45, 2.75) is 40.3 Å². The van der Waals surface area contributed by atoms with E-state index in [1.807, 2.05) is 25.3 Å². The number of aromatic nitrogens is 4. The molecule has 2 rings (SSSR count). The van der Waals surface area contributed by atoms with Crippen molar-refractivity contribution in [1.82, 2.24) is 25.3 Å². The molecule has 2 heterocycles. The zero-order chi connectivity index (χ0) is 15.1. The molecular formula is C15H23N5O. The van der Waals surface area contributed by atoms with Gasteiger partial charge in [0.25, 0.3) is 0 Å². The molecule has 0 aliphatic heterocycles. The second kappa shape index (κ2) is 7.73. The average molecular weight is 289 g/mol. The molecule has 114 valence electrons. The van der Waals surface area contributed by atoms with Crippen molar-refractivity contribution in [3.05, 3.63) is 35.4 Å². The minimum atomic E-state index is 0.557. The Bertz CT molecular complexity index is 567. The van der Waals surface area contributed by atoms with E-state index < -0.39 is 0 Å². The Balaban J connectivity index is 1.85. The van der Waals surface area contributed by atoms with Crippen LogP contribution in [0.3, 0.4) is 0 Å². The number of nitrogens with one attached hydrogen (secondary N) is 1. The normalized spacial score (nSPS) is 10.8. The van der Waals surface area contributed by atoms with Crippen LogP contribution in [0.1, 0.15) is 30.9 Å². The van der Waals surface area contributed by atoms with Crippen LogP contribution in [0, 0.1) is 6.92 Å². The zero-order valence-electron chi connectivity index (χ0n) is 13.0. The van der Waals surface area contributed by atoms with E-state index in [4.69, 9.17) is 4.74 Å². The van der Waals surface area contributed by atoms with Crippen LogP contribution >= 0.6 is 0 Å². The van der Waals surface area contributed by atoms with Crippen molar-refractivity contribution in [3.63, 3.8) is 0 Å². The fourth-order valence-corrected chi connectivity index (χ4v) is 2.01. The summed E-state index contributed by atoms with van der Waals surface area (Å²) < 4.78 is 7.62. The second-order valence-corrected chi connectivity index (χ2v) is 4.85. The molecule has 0 radical (unpaired) electrons. The van der Waals surface area contributed by atoms with Crippen LogP contribution in [0.2, 0.25) is 0 Å². The van der Waals surface area contributed by atoms with Crippen molar-refractivity contribution in [2.75, 3.05) is 13.2 Å². The van der Waals surface area contributed by atoms with Gasteiger partial charge < -0.3 is 10.1 Å². The summed E-state index contributed by atoms with van der Waals surface area (Å²) >= 11 is 0. The average Bonchev–Trinajstić information content (AvgIpc) is 2.94. The highest BCUT2D eigenvalue weighted by atomic mass is 16.5. The standard InChI is InChI=1S/C15H23N5O/c1-4-14-15(7-6-12(3)17-14)21-9-8-20-11-13(18-19-20)10-16-5-2/h6-7,11,16H,4-5,8-10H2,1-3H3. The third-order valence-corrected chi connectivity index (χ3v) is 3.13. The van der Waals surface area contributed by atoms with E-state index >= 15 is 0 Å². The minimum absolute atomic E-state index is 0.557. The van der Waals surface area contributed by atoms with Gasteiger partial charge >= 0.3 is 0 Å². The van der Waals surface area contributed by atoms with E-state index in [0.29, 0.717) is 13.2 Å². The first-order valence-corrected chi connectivity index (χ1v) is 7.42. The van der Waals surface area contributed by atoms with Gasteiger partial charge in [0.15, 0.2) is 0 Å². The van der Waals surface area contributed by atoms with Gasteiger partial charge in [0.2, 0.25) is 0 Å². The molecule has 0 spiro atoms. The van der Waals surface area contributed by atoms with Crippen molar-refractivity contribution in [1.29, 1.82) is 0 Å². The molecule has 2 aromatic rings. The van der Waals surface area contributed by atoms with Gasteiger partial charge in [-0.1, -0.05) is 19.1 Å². The predicted octanol–water partition coefficient (Wildman–Crippen LogP) is 1.73. The van der Waals surface area contributed by atoms with Gasteiger partial charge in [-0.25, -0.2) is 4.68 Å². The Morgan fingerprint density at radius 1 is 1.29 bits per heavy atom. The van der Waals surface area contributed by atoms with Crippen molar-refractivity contribution in [3.8, 4) is 5.75 Å². The summed E-state index contributed by atoms with van der Waals surface area (Å²) in [5.74, 6) is 0.857. The van der Waals surface area contributed by atoms with Crippen LogP contribution in [-0.4, -0.2) is 33.1 Å². The number of hydrogen-bond acceptors (Lipinski definition) is 5. The number of aryl methyl sites for hydroxylation is 2. The predicted molar refractivity (Wildman–Crippen MR) is 81.2 cm³/mol. The maximum atomic E-state index is 5.81. The fraction of sp³-hybridized carbons (Fsp3) is 0.533. The molecular weight excluding hydrogens is 266 g/mol. The van der Waals surface area contributed by atoms with E-state index in [1.54, 1.807) is 4.68 Å². The molecule has 6 heteroatoms. The van der Waals surface area contributed by atoms with Gasteiger partial charge in [-0.05, 0) is 32.0 Å². The van der Waals surface area contributed by atoms with Crippen LogP contribution in [0.25, 0.3) is 0 Å². The number of pyridine rings is 1. The molecule has 0 amide bonds. The molecule has 0 aliphatic carbocycles. The van der Waals surface area contributed by atoms with Crippen molar-refractivity contribution in [2.24, 2.45) is 0 Å². The van der Waals surface area contributed by atoms with Gasteiger partial charge in [-0.15, -0.1) is 5.10 Å². The second-order valence-electron chi connectivity index (χ2n) is 4.85. The summed E-state index contributed by atoms with van der Waals surface area (Å²) in [6.07, 6.45) is 2.81. The van der Waals surface area contributed by atoms with Gasteiger partial charge in [0.05, 0.1) is 17.9 Å². The van der Waals surface area contributed by atoms with Gasteiger partial charge in [-0.2, -0.15) is 0 Å². The van der Waals surface area contributed by atoms with Gasteiger partial charge in [0.1, 0.15) is 12.4 Å². The quantitative estimate of drug-likeness (QED) is 0.802. The first-order valence-electron chi connectivity index (χ1n) is 7.42. The third-order valence-electron chi connectivity index (χ3n) is 3.13. The Kier molecular flexibility index (Phi) is 5.68. The van der Waals surface area contributed by atoms with Crippen LogP contribution in [0.4, 0.5) is 0 Å². The highest BCUT2D eigenvalue weighted by Gasteiger charge is 2.05. The molecule has 21 heavy (non-hydrogen) atoms. The first-order chi connectivity index (χ1) is 10.2. The summed E-state index contributed by atoms with van der Waals surface area (Å²) in [5, 5.41) is 11.4. The molecule has 0 atom stereocenters. The molecule has 0 saturated carbocycles. The largest absolute Gasteiger partial charge is 0.490 e. The smallest absolute Gasteiger partial charge is 0.140 e. The molecule has 0 fully saturated rings. The highest BCUT2D eigenvalue weighted by Crippen LogP contribution is 2.17. The summed E-state index contributed by atoms with van der Waals surface area (Å²) in [6, 6.07) is 3.96. The van der Waals surface area contributed by atoms with E-state index in [2.05, 4.69) is 34.5 Å². The number of rotatable bonds is 8. The van der Waals surface area contributed by atoms with Gasteiger partial charge in [-0.3, -0.25) is 4.98 Å². The molecule has 0 saturated heterocycles.